The molecule has 1 aliphatic rings. The number of hydrogen-bond acceptors (Lipinski definition) is 4. The van der Waals surface area contributed by atoms with Crippen LogP contribution in [-0.4, -0.2) is 41.0 Å². The first kappa shape index (κ1) is 16.7. The maximum absolute atomic E-state index is 12.0. The van der Waals surface area contributed by atoms with Crippen LogP contribution >= 0.6 is 12.4 Å². The number of halogens is 1. The molecular formula is C14H23ClN4O. The Labute approximate surface area is 126 Å². The Balaban J connectivity index is 0.00000200. The summed E-state index contributed by atoms with van der Waals surface area (Å²) in [6.45, 7) is 6.49. The molecule has 112 valence electrons. The van der Waals surface area contributed by atoms with Crippen LogP contribution in [0.5, 0.6) is 0 Å². The van der Waals surface area contributed by atoms with E-state index in [9.17, 15) is 4.79 Å². The molecule has 3 N–H and O–H groups in total. The number of pyridine rings is 1. The molecule has 1 aromatic rings. The summed E-state index contributed by atoms with van der Waals surface area (Å²) in [4.78, 5) is 18.5. The smallest absolute Gasteiger partial charge is 0.270 e. The summed E-state index contributed by atoms with van der Waals surface area (Å²) in [5.41, 5.74) is 6.56. The maximum Gasteiger partial charge on any atom is 0.270 e. The normalized spacial score (nSPS) is 16.8. The molecule has 20 heavy (non-hydrogen) atoms. The Morgan fingerprint density at radius 2 is 2.05 bits per heavy atom. The molecule has 2 rings (SSSR count). The number of piperidine rings is 1. The molecule has 2 heterocycles. The van der Waals surface area contributed by atoms with Crippen molar-refractivity contribution < 1.29 is 4.79 Å². The maximum atomic E-state index is 12.0. The fourth-order valence-electron chi connectivity index (χ4n) is 2.36. The van der Waals surface area contributed by atoms with Crippen molar-refractivity contribution in [2.45, 2.75) is 38.8 Å². The molecule has 0 aromatic carbocycles. The number of anilines is 1. The molecule has 1 aromatic heterocycles. The zero-order chi connectivity index (χ0) is 13.8. The van der Waals surface area contributed by atoms with Gasteiger partial charge in [-0.3, -0.25) is 4.79 Å². The molecular weight excluding hydrogens is 276 g/mol. The topological polar surface area (TPSA) is 71.2 Å². The predicted molar refractivity (Wildman–Crippen MR) is 83.1 cm³/mol. The third-order valence-corrected chi connectivity index (χ3v) is 3.61. The lowest BCUT2D eigenvalue weighted by atomic mass is 10.0. The van der Waals surface area contributed by atoms with E-state index in [4.69, 9.17) is 5.73 Å². The van der Waals surface area contributed by atoms with Crippen molar-refractivity contribution in [3.8, 4) is 0 Å². The van der Waals surface area contributed by atoms with Crippen LogP contribution in [0.25, 0.3) is 0 Å². The van der Waals surface area contributed by atoms with Crippen molar-refractivity contribution >= 4 is 24.0 Å². The first-order valence-corrected chi connectivity index (χ1v) is 6.82. The first-order chi connectivity index (χ1) is 9.06. The molecule has 0 unspecified atom stereocenters. The van der Waals surface area contributed by atoms with Gasteiger partial charge in [-0.2, -0.15) is 0 Å². The van der Waals surface area contributed by atoms with Gasteiger partial charge in [-0.15, -0.1) is 12.4 Å². The van der Waals surface area contributed by atoms with Gasteiger partial charge in [-0.1, -0.05) is 0 Å². The Morgan fingerprint density at radius 1 is 1.40 bits per heavy atom. The Bertz CT molecular complexity index is 427. The number of carbonyl (C=O) groups excluding carboxylic acids is 1. The number of carbonyl (C=O) groups is 1. The third kappa shape index (κ3) is 4.35. The second-order valence-corrected chi connectivity index (χ2v) is 5.35. The molecule has 6 heteroatoms. The largest absolute Gasteiger partial charge is 0.397 e. The Morgan fingerprint density at radius 3 is 2.55 bits per heavy atom. The van der Waals surface area contributed by atoms with Crippen LogP contribution in [0.4, 0.5) is 5.69 Å². The van der Waals surface area contributed by atoms with Gasteiger partial charge in [0.2, 0.25) is 0 Å². The standard InChI is InChI=1S/C14H22N4O.ClH/c1-10(2)18-7-5-12(6-8-18)17-14(19)13-4-3-11(15)9-16-13;/h3-4,9-10,12H,5-8,15H2,1-2H3,(H,17,19);1H. The van der Waals surface area contributed by atoms with Gasteiger partial charge in [0.15, 0.2) is 0 Å². The zero-order valence-electron chi connectivity index (χ0n) is 12.0. The third-order valence-electron chi connectivity index (χ3n) is 3.61. The van der Waals surface area contributed by atoms with Crippen molar-refractivity contribution in [2.24, 2.45) is 0 Å². The molecule has 0 bridgehead atoms. The number of likely N-dealkylation sites (tertiary alicyclic amines) is 1. The molecule has 1 saturated heterocycles. The summed E-state index contributed by atoms with van der Waals surface area (Å²) < 4.78 is 0. The number of rotatable bonds is 3. The van der Waals surface area contributed by atoms with Crippen LogP contribution in [0.3, 0.4) is 0 Å². The predicted octanol–water partition coefficient (Wildman–Crippen LogP) is 1.69. The summed E-state index contributed by atoms with van der Waals surface area (Å²) in [5, 5.41) is 3.05. The van der Waals surface area contributed by atoms with Gasteiger partial charge >= 0.3 is 0 Å². The summed E-state index contributed by atoms with van der Waals surface area (Å²) in [7, 11) is 0. The highest BCUT2D eigenvalue weighted by atomic mass is 35.5. The fourth-order valence-corrected chi connectivity index (χ4v) is 2.36. The quantitative estimate of drug-likeness (QED) is 0.891. The van der Waals surface area contributed by atoms with Crippen LogP contribution in [0, 0.1) is 0 Å². The molecule has 0 saturated carbocycles. The number of nitrogens with two attached hydrogens (primary N) is 1. The van der Waals surface area contributed by atoms with E-state index in [2.05, 4.69) is 29.0 Å². The average molecular weight is 299 g/mol. The number of amides is 1. The van der Waals surface area contributed by atoms with Crippen LogP contribution in [0.2, 0.25) is 0 Å². The molecule has 0 radical (unpaired) electrons. The van der Waals surface area contributed by atoms with E-state index in [0.29, 0.717) is 17.4 Å². The van der Waals surface area contributed by atoms with Gasteiger partial charge in [-0.25, -0.2) is 4.98 Å². The van der Waals surface area contributed by atoms with Crippen molar-refractivity contribution in [3.05, 3.63) is 24.0 Å². The van der Waals surface area contributed by atoms with Gasteiger partial charge in [0, 0.05) is 25.2 Å². The van der Waals surface area contributed by atoms with Crippen LogP contribution in [-0.2, 0) is 0 Å². The second kappa shape index (κ2) is 7.45. The number of aromatic nitrogens is 1. The van der Waals surface area contributed by atoms with E-state index < -0.39 is 0 Å². The Kier molecular flexibility index (Phi) is 6.23. The summed E-state index contributed by atoms with van der Waals surface area (Å²) in [5.74, 6) is -0.108. The van der Waals surface area contributed by atoms with Crippen LogP contribution in [0.1, 0.15) is 37.2 Å². The molecule has 1 aliphatic heterocycles. The highest BCUT2D eigenvalue weighted by molar-refractivity contribution is 5.92. The first-order valence-electron chi connectivity index (χ1n) is 6.82. The fraction of sp³-hybridized carbons (Fsp3) is 0.571. The molecule has 5 nitrogen and oxygen atoms in total. The molecule has 1 fully saturated rings. The van der Waals surface area contributed by atoms with E-state index >= 15 is 0 Å². The van der Waals surface area contributed by atoms with Gasteiger partial charge in [0.25, 0.3) is 5.91 Å². The lowest BCUT2D eigenvalue weighted by Crippen LogP contribution is -2.46. The van der Waals surface area contributed by atoms with Crippen molar-refractivity contribution in [1.82, 2.24) is 15.2 Å². The summed E-state index contributed by atoms with van der Waals surface area (Å²) in [6.07, 6.45) is 3.51. The van der Waals surface area contributed by atoms with Crippen molar-refractivity contribution in [2.75, 3.05) is 18.8 Å². The summed E-state index contributed by atoms with van der Waals surface area (Å²) in [6, 6.07) is 4.19. The van der Waals surface area contributed by atoms with E-state index in [1.165, 1.54) is 6.20 Å². The number of nitrogen functional groups attached to an aromatic ring is 1. The van der Waals surface area contributed by atoms with Crippen molar-refractivity contribution in [3.63, 3.8) is 0 Å². The highest BCUT2D eigenvalue weighted by Crippen LogP contribution is 2.13. The second-order valence-electron chi connectivity index (χ2n) is 5.35. The minimum absolute atomic E-state index is 0. The number of nitrogens with zero attached hydrogens (tertiary/aromatic N) is 2. The van der Waals surface area contributed by atoms with Crippen molar-refractivity contribution in [1.29, 1.82) is 0 Å². The SMILES string of the molecule is CC(C)N1CCC(NC(=O)c2ccc(N)cn2)CC1.Cl. The molecule has 0 atom stereocenters. The van der Waals surface area contributed by atoms with E-state index in [0.717, 1.165) is 25.9 Å². The molecule has 1 amide bonds. The van der Waals surface area contributed by atoms with Gasteiger partial charge in [0.1, 0.15) is 5.69 Å². The monoisotopic (exact) mass is 298 g/mol. The highest BCUT2D eigenvalue weighted by Gasteiger charge is 2.22. The average Bonchev–Trinajstić information content (AvgIpc) is 2.40. The van der Waals surface area contributed by atoms with Gasteiger partial charge in [-0.05, 0) is 38.8 Å². The Hall–Kier alpha value is -1.33. The number of nitrogens with one attached hydrogen (secondary N) is 1. The minimum Gasteiger partial charge on any atom is -0.397 e. The van der Waals surface area contributed by atoms with E-state index in [1.807, 2.05) is 0 Å². The van der Waals surface area contributed by atoms with Crippen LogP contribution in [0.15, 0.2) is 18.3 Å². The molecule has 0 aliphatic carbocycles. The zero-order valence-corrected chi connectivity index (χ0v) is 12.8. The van der Waals surface area contributed by atoms with Gasteiger partial charge < -0.3 is 16.0 Å². The lowest BCUT2D eigenvalue weighted by molar-refractivity contribution is 0.0896. The van der Waals surface area contributed by atoms with E-state index in [1.54, 1.807) is 12.1 Å². The van der Waals surface area contributed by atoms with E-state index in [-0.39, 0.29) is 24.4 Å². The minimum atomic E-state index is -0.108. The lowest BCUT2D eigenvalue weighted by Gasteiger charge is -2.34. The number of hydrogen-bond donors (Lipinski definition) is 2. The summed E-state index contributed by atoms with van der Waals surface area (Å²) >= 11 is 0. The molecule has 0 spiro atoms. The van der Waals surface area contributed by atoms with Crippen LogP contribution < -0.4 is 11.1 Å². The van der Waals surface area contributed by atoms with Gasteiger partial charge in [0.05, 0.1) is 11.9 Å².